The molecule has 0 bridgehead atoms. The van der Waals surface area contributed by atoms with Crippen LogP contribution in [0.3, 0.4) is 0 Å². The summed E-state index contributed by atoms with van der Waals surface area (Å²) in [4.78, 5) is 0. The van der Waals surface area contributed by atoms with Crippen molar-refractivity contribution in [1.82, 2.24) is 10.6 Å². The molecule has 0 radical (unpaired) electrons. The van der Waals surface area contributed by atoms with Crippen LogP contribution >= 0.6 is 0 Å². The lowest BCUT2D eigenvalue weighted by molar-refractivity contribution is 0.765. The number of nitrogens with two attached hydrogens (primary N) is 1. The van der Waals surface area contributed by atoms with Crippen LogP contribution in [0.15, 0.2) is 23.7 Å². The number of nitrogens with one attached hydrogen (secondary N) is 2. The normalized spacial score (nSPS) is 11.9. The molecular weight excluding hydrogens is 162 g/mol. The van der Waals surface area contributed by atoms with Crippen LogP contribution in [-0.4, -0.2) is 13.1 Å². The van der Waals surface area contributed by atoms with E-state index in [0.29, 0.717) is 0 Å². The molecule has 0 rings (SSSR count). The third-order valence-corrected chi connectivity index (χ3v) is 1.78. The van der Waals surface area contributed by atoms with Crippen LogP contribution in [0.2, 0.25) is 0 Å². The molecule has 0 saturated heterocycles. The van der Waals surface area contributed by atoms with Crippen LogP contribution < -0.4 is 16.4 Å². The maximum absolute atomic E-state index is 5.82. The van der Waals surface area contributed by atoms with Crippen molar-refractivity contribution in [2.24, 2.45) is 5.73 Å². The molecule has 0 aromatic heterocycles. The summed E-state index contributed by atoms with van der Waals surface area (Å²) in [5, 5.41) is 6.27. The predicted molar refractivity (Wildman–Crippen MR) is 58.0 cm³/mol. The minimum absolute atomic E-state index is 0.782. The highest BCUT2D eigenvalue weighted by Crippen LogP contribution is 2.01. The lowest BCUT2D eigenvalue weighted by atomic mass is 10.2. The number of rotatable bonds is 6. The van der Waals surface area contributed by atoms with Crippen LogP contribution in [0.1, 0.15) is 27.2 Å². The van der Waals surface area contributed by atoms with E-state index in [4.69, 9.17) is 5.73 Å². The van der Waals surface area contributed by atoms with Crippen LogP contribution in [0.5, 0.6) is 0 Å². The smallest absolute Gasteiger partial charge is 0.0969 e. The Morgan fingerprint density at radius 1 is 1.31 bits per heavy atom. The number of allylic oxidation sites excluding steroid dienone is 1. The second kappa shape index (κ2) is 6.40. The van der Waals surface area contributed by atoms with E-state index >= 15 is 0 Å². The molecule has 0 spiro atoms. The minimum Gasteiger partial charge on any atom is -0.386 e. The fraction of sp³-hybridized carbons (Fsp3) is 0.600. The third kappa shape index (κ3) is 5.17. The summed E-state index contributed by atoms with van der Waals surface area (Å²) < 4.78 is 0. The van der Waals surface area contributed by atoms with Crippen molar-refractivity contribution in [3.05, 3.63) is 23.7 Å². The van der Waals surface area contributed by atoms with Crippen molar-refractivity contribution in [3.8, 4) is 0 Å². The summed E-state index contributed by atoms with van der Waals surface area (Å²) in [6.45, 7) is 11.5. The summed E-state index contributed by atoms with van der Waals surface area (Å²) in [5.74, 6) is 0.791. The minimum atomic E-state index is 0.782. The average molecular weight is 183 g/mol. The second-order valence-electron chi connectivity index (χ2n) is 3.03. The molecule has 0 unspecified atom stereocenters. The fourth-order valence-corrected chi connectivity index (χ4v) is 0.984. The van der Waals surface area contributed by atoms with Gasteiger partial charge < -0.3 is 16.4 Å². The first-order valence-corrected chi connectivity index (χ1v) is 4.72. The van der Waals surface area contributed by atoms with E-state index in [-0.39, 0.29) is 0 Å². The van der Waals surface area contributed by atoms with Crippen LogP contribution in [-0.2, 0) is 0 Å². The highest BCUT2D eigenvalue weighted by molar-refractivity contribution is 5.12. The Bertz CT molecular complexity index is 194. The van der Waals surface area contributed by atoms with Gasteiger partial charge in [0.2, 0.25) is 0 Å². The Morgan fingerprint density at radius 3 is 2.31 bits per heavy atom. The van der Waals surface area contributed by atoms with Gasteiger partial charge in [-0.15, -0.1) is 0 Å². The molecule has 0 aliphatic heterocycles. The highest BCUT2D eigenvalue weighted by atomic mass is 15.0. The second-order valence-corrected chi connectivity index (χ2v) is 3.03. The Kier molecular flexibility index (Phi) is 5.85. The summed E-state index contributed by atoms with van der Waals surface area (Å²) in [7, 11) is 0. The molecule has 0 saturated carbocycles. The molecule has 4 N–H and O–H groups in total. The van der Waals surface area contributed by atoms with Gasteiger partial charge in [-0.3, -0.25) is 0 Å². The molecule has 76 valence electrons. The van der Waals surface area contributed by atoms with Crippen LogP contribution in [0.4, 0.5) is 0 Å². The summed E-state index contributed by atoms with van der Waals surface area (Å²) in [5.41, 5.74) is 7.99. The monoisotopic (exact) mass is 183 g/mol. The quantitative estimate of drug-likeness (QED) is 0.582. The Labute approximate surface area is 81.1 Å². The van der Waals surface area contributed by atoms with Gasteiger partial charge in [-0.25, -0.2) is 0 Å². The van der Waals surface area contributed by atoms with Crippen molar-refractivity contribution in [2.45, 2.75) is 27.2 Å². The maximum atomic E-state index is 5.82. The van der Waals surface area contributed by atoms with E-state index in [1.54, 1.807) is 0 Å². The Hall–Kier alpha value is -1.12. The zero-order valence-electron chi connectivity index (χ0n) is 8.91. The van der Waals surface area contributed by atoms with Gasteiger partial charge in [-0.1, -0.05) is 13.5 Å². The first-order valence-electron chi connectivity index (χ1n) is 4.72. The molecule has 0 aromatic rings. The zero-order valence-corrected chi connectivity index (χ0v) is 8.91. The summed E-state index contributed by atoms with van der Waals surface area (Å²) >= 11 is 0. The molecule has 3 heteroatoms. The summed E-state index contributed by atoms with van der Waals surface area (Å²) in [6.07, 6.45) is 0.957. The molecule has 0 atom stereocenters. The van der Waals surface area contributed by atoms with Crippen molar-refractivity contribution < 1.29 is 0 Å². The van der Waals surface area contributed by atoms with Crippen molar-refractivity contribution in [3.63, 3.8) is 0 Å². The molecule has 0 aromatic carbocycles. The SMILES string of the molecule is C=C(C)NC/C(CC)=C(\N)NCC. The molecule has 0 heterocycles. The van der Waals surface area contributed by atoms with Crippen LogP contribution in [0, 0.1) is 0 Å². The molecule has 0 fully saturated rings. The lowest BCUT2D eigenvalue weighted by Gasteiger charge is -2.12. The van der Waals surface area contributed by atoms with E-state index in [1.165, 1.54) is 5.57 Å². The molecule has 3 nitrogen and oxygen atoms in total. The van der Waals surface area contributed by atoms with Gasteiger partial charge in [0.1, 0.15) is 0 Å². The third-order valence-electron chi connectivity index (χ3n) is 1.78. The molecular formula is C10H21N3. The highest BCUT2D eigenvalue weighted by Gasteiger charge is 1.99. The number of hydrogen-bond acceptors (Lipinski definition) is 3. The Morgan fingerprint density at radius 2 is 1.92 bits per heavy atom. The number of hydrogen-bond donors (Lipinski definition) is 3. The lowest BCUT2D eigenvalue weighted by Crippen LogP contribution is -2.25. The van der Waals surface area contributed by atoms with E-state index in [1.807, 2.05) is 13.8 Å². The van der Waals surface area contributed by atoms with E-state index < -0.39 is 0 Å². The average Bonchev–Trinajstić information content (AvgIpc) is 2.05. The van der Waals surface area contributed by atoms with Crippen LogP contribution in [0.25, 0.3) is 0 Å². The molecule has 0 aliphatic rings. The molecule has 0 amide bonds. The predicted octanol–water partition coefficient (Wildman–Crippen LogP) is 1.30. The van der Waals surface area contributed by atoms with Gasteiger partial charge in [0.15, 0.2) is 0 Å². The van der Waals surface area contributed by atoms with Gasteiger partial charge in [0, 0.05) is 18.8 Å². The molecule has 0 aliphatic carbocycles. The van der Waals surface area contributed by atoms with Crippen molar-refractivity contribution in [2.75, 3.05) is 13.1 Å². The van der Waals surface area contributed by atoms with Gasteiger partial charge in [-0.2, -0.15) is 0 Å². The first-order chi connectivity index (χ1) is 6.11. The topological polar surface area (TPSA) is 50.1 Å². The maximum Gasteiger partial charge on any atom is 0.0969 e. The molecule has 13 heavy (non-hydrogen) atoms. The van der Waals surface area contributed by atoms with E-state index in [0.717, 1.165) is 31.0 Å². The van der Waals surface area contributed by atoms with Gasteiger partial charge >= 0.3 is 0 Å². The zero-order chi connectivity index (χ0) is 10.3. The van der Waals surface area contributed by atoms with E-state index in [9.17, 15) is 0 Å². The Balaban J connectivity index is 4.14. The van der Waals surface area contributed by atoms with Gasteiger partial charge in [-0.05, 0) is 25.8 Å². The largest absolute Gasteiger partial charge is 0.386 e. The van der Waals surface area contributed by atoms with Gasteiger partial charge in [0.05, 0.1) is 5.82 Å². The standard InChI is InChI=1S/C10H21N3/c1-5-9(7-13-8(3)4)10(11)12-6-2/h12-13H,3,5-7,11H2,1-2,4H3/b10-9+. The first kappa shape index (κ1) is 11.9. The van der Waals surface area contributed by atoms with Gasteiger partial charge in [0.25, 0.3) is 0 Å². The van der Waals surface area contributed by atoms with E-state index in [2.05, 4.69) is 24.1 Å². The summed E-state index contributed by atoms with van der Waals surface area (Å²) in [6, 6.07) is 0. The van der Waals surface area contributed by atoms with Crippen molar-refractivity contribution in [1.29, 1.82) is 0 Å². The fourth-order valence-electron chi connectivity index (χ4n) is 0.984. The van der Waals surface area contributed by atoms with Crippen molar-refractivity contribution >= 4 is 0 Å².